The molecule has 3 fully saturated rings. The molecular formula is C27H40FN5O4. The molecule has 0 aliphatic carbocycles. The average molecular weight is 518 g/mol. The average Bonchev–Trinajstić information content (AvgIpc) is 3.16. The molecule has 1 atom stereocenters. The van der Waals surface area contributed by atoms with Crippen LogP contribution in [0.5, 0.6) is 0 Å². The molecule has 10 heteroatoms. The quantitative estimate of drug-likeness (QED) is 0.602. The van der Waals surface area contributed by atoms with Gasteiger partial charge >= 0.3 is 6.09 Å². The number of hydrogen-bond donors (Lipinski definition) is 2. The van der Waals surface area contributed by atoms with Crippen LogP contribution in [0.25, 0.3) is 0 Å². The highest BCUT2D eigenvalue weighted by Crippen LogP contribution is 2.41. The van der Waals surface area contributed by atoms with Crippen molar-refractivity contribution in [2.75, 3.05) is 57.3 Å². The lowest BCUT2D eigenvalue weighted by atomic mass is 9.75. The molecule has 1 aromatic rings. The maximum Gasteiger partial charge on any atom is 0.408 e. The number of benzene rings is 1. The lowest BCUT2D eigenvalue weighted by Crippen LogP contribution is -2.49. The van der Waals surface area contributed by atoms with Gasteiger partial charge in [-0.3, -0.25) is 14.5 Å². The van der Waals surface area contributed by atoms with Crippen LogP contribution in [0.2, 0.25) is 0 Å². The van der Waals surface area contributed by atoms with E-state index in [1.807, 2.05) is 12.1 Å². The number of amides is 3. The largest absolute Gasteiger partial charge is 0.444 e. The third-order valence-electron chi connectivity index (χ3n) is 7.67. The summed E-state index contributed by atoms with van der Waals surface area (Å²) in [5, 5.41) is 5.73. The van der Waals surface area contributed by atoms with E-state index in [9.17, 15) is 18.8 Å². The number of likely N-dealkylation sites (tertiary alicyclic amines) is 1. The van der Waals surface area contributed by atoms with E-state index in [0.717, 1.165) is 51.3 Å². The summed E-state index contributed by atoms with van der Waals surface area (Å²) in [5.74, 6) is -0.265. The van der Waals surface area contributed by atoms with Crippen LogP contribution in [-0.2, 0) is 14.3 Å². The summed E-state index contributed by atoms with van der Waals surface area (Å²) in [4.78, 5) is 43.7. The van der Waals surface area contributed by atoms with Gasteiger partial charge in [0.15, 0.2) is 0 Å². The molecule has 3 saturated heterocycles. The van der Waals surface area contributed by atoms with Gasteiger partial charge in [-0.2, -0.15) is 0 Å². The third-order valence-corrected chi connectivity index (χ3v) is 7.67. The number of nitrogens with zero attached hydrogens (tertiary/aromatic N) is 3. The Kier molecular flexibility index (Phi) is 8.26. The summed E-state index contributed by atoms with van der Waals surface area (Å²) in [6.45, 7) is 10.9. The zero-order valence-electron chi connectivity index (χ0n) is 22.2. The Hall–Kier alpha value is -2.88. The molecule has 9 nitrogen and oxygen atoms in total. The van der Waals surface area contributed by atoms with Crippen LogP contribution < -0.4 is 15.5 Å². The second-order valence-electron chi connectivity index (χ2n) is 11.5. The van der Waals surface area contributed by atoms with Crippen molar-refractivity contribution >= 4 is 23.6 Å². The first-order valence-electron chi connectivity index (χ1n) is 13.3. The van der Waals surface area contributed by atoms with Crippen molar-refractivity contribution in [1.29, 1.82) is 0 Å². The van der Waals surface area contributed by atoms with E-state index < -0.39 is 17.1 Å². The van der Waals surface area contributed by atoms with Crippen molar-refractivity contribution < 1.29 is 23.5 Å². The Morgan fingerprint density at radius 2 is 1.73 bits per heavy atom. The van der Waals surface area contributed by atoms with Crippen LogP contribution in [0, 0.1) is 11.2 Å². The molecule has 3 aliphatic rings. The molecule has 1 spiro atoms. The topological polar surface area (TPSA) is 94.2 Å². The van der Waals surface area contributed by atoms with Gasteiger partial charge in [0.05, 0.1) is 5.41 Å². The molecule has 0 unspecified atom stereocenters. The Labute approximate surface area is 218 Å². The van der Waals surface area contributed by atoms with Crippen LogP contribution in [-0.4, -0.2) is 91.7 Å². The zero-order valence-corrected chi connectivity index (χ0v) is 22.2. The van der Waals surface area contributed by atoms with E-state index >= 15 is 0 Å². The van der Waals surface area contributed by atoms with Crippen molar-refractivity contribution in [3.05, 3.63) is 30.1 Å². The number of carbonyl (C=O) groups excluding carboxylic acids is 3. The summed E-state index contributed by atoms with van der Waals surface area (Å²) >= 11 is 0. The van der Waals surface area contributed by atoms with Crippen LogP contribution >= 0.6 is 0 Å². The van der Waals surface area contributed by atoms with Gasteiger partial charge in [0.2, 0.25) is 11.8 Å². The first kappa shape index (κ1) is 27.2. The van der Waals surface area contributed by atoms with Gasteiger partial charge in [-0.1, -0.05) is 0 Å². The molecule has 0 saturated carbocycles. The zero-order chi connectivity index (χ0) is 26.6. The van der Waals surface area contributed by atoms with E-state index in [1.54, 1.807) is 25.7 Å². The third kappa shape index (κ3) is 7.12. The summed E-state index contributed by atoms with van der Waals surface area (Å²) in [7, 11) is 0. The van der Waals surface area contributed by atoms with Gasteiger partial charge in [-0.25, -0.2) is 9.18 Å². The van der Waals surface area contributed by atoms with E-state index in [-0.39, 0.29) is 30.2 Å². The Bertz CT molecular complexity index is 964. The molecule has 2 N–H and O–H groups in total. The van der Waals surface area contributed by atoms with E-state index in [1.165, 1.54) is 12.1 Å². The van der Waals surface area contributed by atoms with Crippen LogP contribution in [0.1, 0.15) is 46.5 Å². The van der Waals surface area contributed by atoms with E-state index in [0.29, 0.717) is 25.9 Å². The highest BCUT2D eigenvalue weighted by atomic mass is 19.1. The Morgan fingerprint density at radius 3 is 2.35 bits per heavy atom. The molecule has 3 heterocycles. The molecule has 204 valence electrons. The minimum absolute atomic E-state index is 0.106. The number of anilines is 1. The van der Waals surface area contributed by atoms with Gasteiger partial charge in [0.25, 0.3) is 0 Å². The van der Waals surface area contributed by atoms with Crippen LogP contribution in [0.3, 0.4) is 0 Å². The fourth-order valence-corrected chi connectivity index (χ4v) is 5.54. The van der Waals surface area contributed by atoms with Crippen molar-refractivity contribution in [3.63, 3.8) is 0 Å². The standard InChI is InChI=1S/C27H40FN5O4/c1-26(2,3)37-25(36)29-19-23(34)33-12-9-27(10-13-33)18-21(30-24(27)35)8-11-31-14-16-32(17-15-31)22-6-4-20(28)5-7-22/h4-7,21H,8-19H2,1-3H3,(H,29,36)(H,30,35)/t21-/m0/s1. The molecule has 0 bridgehead atoms. The van der Waals surface area contributed by atoms with Gasteiger partial charge < -0.3 is 25.2 Å². The summed E-state index contributed by atoms with van der Waals surface area (Å²) in [5.41, 5.74) is 0.0351. The van der Waals surface area contributed by atoms with Crippen molar-refractivity contribution in [1.82, 2.24) is 20.4 Å². The normalized spacial score (nSPS) is 22.2. The SMILES string of the molecule is CC(C)(C)OC(=O)NCC(=O)N1CCC2(CC1)C[C@H](CCN1CCN(c3ccc(F)cc3)CC1)NC2=O. The van der Waals surface area contributed by atoms with E-state index in [4.69, 9.17) is 4.74 Å². The molecule has 4 rings (SSSR count). The van der Waals surface area contributed by atoms with Gasteiger partial charge in [0.1, 0.15) is 18.0 Å². The first-order chi connectivity index (χ1) is 17.5. The molecule has 37 heavy (non-hydrogen) atoms. The molecule has 0 radical (unpaired) electrons. The smallest absolute Gasteiger partial charge is 0.408 e. The molecule has 3 amide bonds. The number of ether oxygens (including phenoxy) is 1. The highest BCUT2D eigenvalue weighted by molar-refractivity contribution is 5.86. The second kappa shape index (κ2) is 11.2. The number of hydrogen-bond acceptors (Lipinski definition) is 6. The summed E-state index contributed by atoms with van der Waals surface area (Å²) in [6.07, 6.45) is 2.39. The predicted molar refractivity (Wildman–Crippen MR) is 139 cm³/mol. The number of piperidine rings is 1. The fourth-order valence-electron chi connectivity index (χ4n) is 5.54. The molecular weight excluding hydrogens is 477 g/mol. The summed E-state index contributed by atoms with van der Waals surface area (Å²) in [6, 6.07) is 6.81. The van der Waals surface area contributed by atoms with Gasteiger partial charge in [-0.05, 0) is 70.7 Å². The first-order valence-corrected chi connectivity index (χ1v) is 13.3. The Balaban J connectivity index is 1.17. The number of nitrogens with one attached hydrogen (secondary N) is 2. The number of carbonyl (C=O) groups is 3. The summed E-state index contributed by atoms with van der Waals surface area (Å²) < 4.78 is 18.4. The van der Waals surface area contributed by atoms with Crippen LogP contribution in [0.4, 0.5) is 14.9 Å². The maximum absolute atomic E-state index is 13.2. The lowest BCUT2D eigenvalue weighted by molar-refractivity contribution is -0.137. The van der Waals surface area contributed by atoms with Gasteiger partial charge in [0, 0.05) is 57.5 Å². The number of halogens is 1. The second-order valence-corrected chi connectivity index (χ2v) is 11.5. The van der Waals surface area contributed by atoms with Crippen molar-refractivity contribution in [2.24, 2.45) is 5.41 Å². The Morgan fingerprint density at radius 1 is 1.08 bits per heavy atom. The predicted octanol–water partition coefficient (Wildman–Crippen LogP) is 2.36. The van der Waals surface area contributed by atoms with E-state index in [2.05, 4.69) is 20.4 Å². The minimum Gasteiger partial charge on any atom is -0.444 e. The van der Waals surface area contributed by atoms with Gasteiger partial charge in [-0.15, -0.1) is 0 Å². The lowest BCUT2D eigenvalue weighted by Gasteiger charge is -2.38. The minimum atomic E-state index is -0.616. The number of rotatable bonds is 6. The molecule has 1 aromatic carbocycles. The molecule has 3 aliphatic heterocycles. The fraction of sp³-hybridized carbons (Fsp3) is 0.667. The van der Waals surface area contributed by atoms with Crippen molar-refractivity contribution in [2.45, 2.75) is 58.1 Å². The number of piperazine rings is 1. The molecule has 0 aromatic heterocycles. The van der Waals surface area contributed by atoms with Crippen molar-refractivity contribution in [3.8, 4) is 0 Å². The monoisotopic (exact) mass is 517 g/mol. The number of alkyl carbamates (subject to hydrolysis) is 1. The highest BCUT2D eigenvalue weighted by Gasteiger charge is 2.48. The van der Waals surface area contributed by atoms with Crippen LogP contribution in [0.15, 0.2) is 24.3 Å². The maximum atomic E-state index is 13.2.